The molecule has 0 saturated carbocycles. The number of nitrogens with two attached hydrogens (primary N) is 1. The largest absolute Gasteiger partial charge is 0.483 e. The summed E-state index contributed by atoms with van der Waals surface area (Å²) in [6, 6.07) is 10.00. The van der Waals surface area contributed by atoms with Crippen LogP contribution in [0.5, 0.6) is 5.75 Å². The minimum Gasteiger partial charge on any atom is -0.483 e. The number of ether oxygens (including phenoxy) is 2. The van der Waals surface area contributed by atoms with Gasteiger partial charge in [0, 0.05) is 13.1 Å². The zero-order chi connectivity index (χ0) is 14.5. The molecule has 2 N–H and O–H groups in total. The van der Waals surface area contributed by atoms with Gasteiger partial charge in [-0.05, 0) is 5.56 Å². The second kappa shape index (κ2) is 6.41. The highest BCUT2D eigenvalue weighted by atomic mass is 16.5. The zero-order valence-corrected chi connectivity index (χ0v) is 11.7. The Hall–Kier alpha value is -2.34. The first-order valence-electron chi connectivity index (χ1n) is 6.95. The van der Waals surface area contributed by atoms with Crippen LogP contribution in [-0.4, -0.2) is 36.3 Å². The van der Waals surface area contributed by atoms with Crippen LogP contribution in [0, 0.1) is 0 Å². The molecule has 0 spiro atoms. The second-order valence-electron chi connectivity index (χ2n) is 4.79. The van der Waals surface area contributed by atoms with E-state index in [-0.39, 0.29) is 5.95 Å². The number of morpholine rings is 1. The van der Waals surface area contributed by atoms with E-state index in [0.29, 0.717) is 25.6 Å². The molecule has 21 heavy (non-hydrogen) atoms. The molecular weight excluding hydrogens is 268 g/mol. The Morgan fingerprint density at radius 2 is 1.95 bits per heavy atom. The van der Waals surface area contributed by atoms with Crippen molar-refractivity contribution in [3.05, 3.63) is 42.1 Å². The molecule has 1 fully saturated rings. The molecule has 6 heteroatoms. The minimum atomic E-state index is 0.253. The molecule has 1 aliphatic rings. The lowest BCUT2D eigenvalue weighted by molar-refractivity contribution is 0.122. The van der Waals surface area contributed by atoms with E-state index in [1.807, 2.05) is 30.3 Å². The lowest BCUT2D eigenvalue weighted by atomic mass is 10.2. The lowest BCUT2D eigenvalue weighted by Gasteiger charge is -2.29. The van der Waals surface area contributed by atoms with Gasteiger partial charge >= 0.3 is 0 Å². The average Bonchev–Trinajstić information content (AvgIpc) is 2.55. The predicted molar refractivity (Wildman–Crippen MR) is 80.3 cm³/mol. The Labute approximate surface area is 123 Å². The van der Waals surface area contributed by atoms with Crippen molar-refractivity contribution in [3.8, 4) is 5.75 Å². The molecule has 3 rings (SSSR count). The Morgan fingerprint density at radius 1 is 1.19 bits per heavy atom. The van der Waals surface area contributed by atoms with Gasteiger partial charge in [0.15, 0.2) is 11.6 Å². The van der Waals surface area contributed by atoms with Gasteiger partial charge in [0.25, 0.3) is 0 Å². The average molecular weight is 286 g/mol. The van der Waals surface area contributed by atoms with Gasteiger partial charge < -0.3 is 20.1 Å². The van der Waals surface area contributed by atoms with Crippen LogP contribution >= 0.6 is 0 Å². The van der Waals surface area contributed by atoms with Crippen molar-refractivity contribution in [2.75, 3.05) is 36.9 Å². The minimum absolute atomic E-state index is 0.253. The quantitative estimate of drug-likeness (QED) is 0.917. The SMILES string of the molecule is Nc1ncc(OCc2ccccc2)c(N2CCOCC2)n1. The van der Waals surface area contributed by atoms with Crippen LogP contribution in [0.2, 0.25) is 0 Å². The Bertz CT molecular complexity index is 585. The van der Waals surface area contributed by atoms with Crippen molar-refractivity contribution in [2.45, 2.75) is 6.61 Å². The summed E-state index contributed by atoms with van der Waals surface area (Å²) in [5.74, 6) is 1.64. The molecule has 1 aromatic carbocycles. The maximum absolute atomic E-state index is 5.87. The summed E-state index contributed by atoms with van der Waals surface area (Å²) in [7, 11) is 0. The molecule has 0 atom stereocenters. The van der Waals surface area contributed by atoms with Gasteiger partial charge in [-0.15, -0.1) is 0 Å². The fraction of sp³-hybridized carbons (Fsp3) is 0.333. The zero-order valence-electron chi connectivity index (χ0n) is 11.7. The number of hydrogen-bond acceptors (Lipinski definition) is 6. The highest BCUT2D eigenvalue weighted by Crippen LogP contribution is 2.27. The van der Waals surface area contributed by atoms with E-state index in [2.05, 4.69) is 14.9 Å². The molecule has 110 valence electrons. The van der Waals surface area contributed by atoms with Crippen LogP contribution in [0.3, 0.4) is 0 Å². The van der Waals surface area contributed by atoms with Gasteiger partial charge in [-0.2, -0.15) is 4.98 Å². The molecule has 6 nitrogen and oxygen atoms in total. The van der Waals surface area contributed by atoms with Crippen molar-refractivity contribution in [1.29, 1.82) is 0 Å². The fourth-order valence-electron chi connectivity index (χ4n) is 2.21. The maximum Gasteiger partial charge on any atom is 0.222 e. The Kier molecular flexibility index (Phi) is 4.16. The molecule has 0 unspecified atom stereocenters. The fourth-order valence-corrected chi connectivity index (χ4v) is 2.21. The third-order valence-corrected chi connectivity index (χ3v) is 3.30. The summed E-state index contributed by atoms with van der Waals surface area (Å²) >= 11 is 0. The van der Waals surface area contributed by atoms with Crippen LogP contribution in [0.25, 0.3) is 0 Å². The molecule has 0 bridgehead atoms. The van der Waals surface area contributed by atoms with Crippen molar-refractivity contribution in [2.24, 2.45) is 0 Å². The number of nitrogens with zero attached hydrogens (tertiary/aromatic N) is 3. The van der Waals surface area contributed by atoms with Gasteiger partial charge in [0.05, 0.1) is 19.4 Å². The standard InChI is InChI=1S/C15H18N4O2/c16-15-17-10-13(21-11-12-4-2-1-3-5-12)14(18-15)19-6-8-20-9-7-19/h1-5,10H,6-9,11H2,(H2,16,17,18). The van der Waals surface area contributed by atoms with E-state index in [1.54, 1.807) is 6.20 Å². The van der Waals surface area contributed by atoms with E-state index in [4.69, 9.17) is 15.2 Å². The summed E-state index contributed by atoms with van der Waals surface area (Å²) in [4.78, 5) is 10.5. The van der Waals surface area contributed by atoms with Gasteiger partial charge in [0.1, 0.15) is 6.61 Å². The summed E-state index contributed by atoms with van der Waals surface area (Å²) in [5.41, 5.74) is 6.81. The molecule has 0 radical (unpaired) electrons. The molecule has 1 aromatic heterocycles. The molecular formula is C15H18N4O2. The van der Waals surface area contributed by atoms with E-state index in [0.717, 1.165) is 24.5 Å². The van der Waals surface area contributed by atoms with Crippen LogP contribution in [0.15, 0.2) is 36.5 Å². The number of hydrogen-bond donors (Lipinski definition) is 1. The highest BCUT2D eigenvalue weighted by Gasteiger charge is 2.18. The predicted octanol–water partition coefficient (Wildman–Crippen LogP) is 1.47. The Balaban J connectivity index is 1.77. The van der Waals surface area contributed by atoms with Crippen LogP contribution < -0.4 is 15.4 Å². The number of benzene rings is 1. The summed E-state index contributed by atoms with van der Waals surface area (Å²) in [6.45, 7) is 3.39. The topological polar surface area (TPSA) is 73.5 Å². The molecule has 0 aliphatic carbocycles. The maximum atomic E-state index is 5.87. The van der Waals surface area contributed by atoms with Gasteiger partial charge in [0.2, 0.25) is 5.95 Å². The normalized spacial score (nSPS) is 15.0. The van der Waals surface area contributed by atoms with Gasteiger partial charge in [-0.1, -0.05) is 30.3 Å². The summed E-state index contributed by atoms with van der Waals surface area (Å²) < 4.78 is 11.2. The molecule has 0 amide bonds. The summed E-state index contributed by atoms with van der Waals surface area (Å²) in [6.07, 6.45) is 1.63. The first kappa shape index (κ1) is 13.6. The van der Waals surface area contributed by atoms with Crippen molar-refractivity contribution in [1.82, 2.24) is 9.97 Å². The second-order valence-corrected chi connectivity index (χ2v) is 4.79. The van der Waals surface area contributed by atoms with Crippen molar-refractivity contribution in [3.63, 3.8) is 0 Å². The first-order valence-corrected chi connectivity index (χ1v) is 6.95. The number of nitrogen functional groups attached to an aromatic ring is 1. The Morgan fingerprint density at radius 3 is 2.71 bits per heavy atom. The molecule has 2 heterocycles. The first-order chi connectivity index (χ1) is 10.3. The van der Waals surface area contributed by atoms with E-state index >= 15 is 0 Å². The smallest absolute Gasteiger partial charge is 0.222 e. The van der Waals surface area contributed by atoms with Crippen molar-refractivity contribution < 1.29 is 9.47 Å². The van der Waals surface area contributed by atoms with Gasteiger partial charge in [-0.3, -0.25) is 0 Å². The van der Waals surface area contributed by atoms with E-state index in [1.165, 1.54) is 0 Å². The lowest BCUT2D eigenvalue weighted by Crippen LogP contribution is -2.37. The van der Waals surface area contributed by atoms with Crippen LogP contribution in [0.1, 0.15) is 5.56 Å². The van der Waals surface area contributed by atoms with Crippen molar-refractivity contribution >= 4 is 11.8 Å². The highest BCUT2D eigenvalue weighted by molar-refractivity contribution is 5.53. The molecule has 2 aromatic rings. The summed E-state index contributed by atoms with van der Waals surface area (Å²) in [5, 5.41) is 0. The molecule has 1 saturated heterocycles. The van der Waals surface area contributed by atoms with E-state index < -0.39 is 0 Å². The van der Waals surface area contributed by atoms with Gasteiger partial charge in [-0.25, -0.2) is 4.98 Å². The molecule has 1 aliphatic heterocycles. The van der Waals surface area contributed by atoms with Crippen LogP contribution in [0.4, 0.5) is 11.8 Å². The monoisotopic (exact) mass is 286 g/mol. The number of rotatable bonds is 4. The third kappa shape index (κ3) is 3.41. The third-order valence-electron chi connectivity index (χ3n) is 3.30. The number of anilines is 2. The number of aromatic nitrogens is 2. The van der Waals surface area contributed by atoms with E-state index in [9.17, 15) is 0 Å². The van der Waals surface area contributed by atoms with Crippen LogP contribution in [-0.2, 0) is 11.3 Å².